The van der Waals surface area contributed by atoms with Crippen LogP contribution in [0.15, 0.2) is 28.8 Å². The first-order valence-electron chi connectivity index (χ1n) is 7.66. The number of benzene rings is 1. The molecule has 7 heteroatoms. The summed E-state index contributed by atoms with van der Waals surface area (Å²) in [6.07, 6.45) is 0. The van der Waals surface area contributed by atoms with Gasteiger partial charge in [-0.05, 0) is 17.7 Å². The molecule has 2 aromatic rings. The maximum atomic E-state index is 6.13. The number of rotatable bonds is 4. The van der Waals surface area contributed by atoms with Gasteiger partial charge in [0.05, 0.1) is 6.54 Å². The molecule has 0 aliphatic carbocycles. The Labute approximate surface area is 147 Å². The van der Waals surface area contributed by atoms with Gasteiger partial charge < -0.3 is 9.84 Å². The van der Waals surface area contributed by atoms with Crippen LogP contribution in [0.2, 0.25) is 5.02 Å². The lowest BCUT2D eigenvalue weighted by Crippen LogP contribution is -2.45. The monoisotopic (exact) mass is 356 g/mol. The van der Waals surface area contributed by atoms with Crippen molar-refractivity contribution >= 4 is 24.0 Å². The van der Waals surface area contributed by atoms with Crippen molar-refractivity contribution < 1.29 is 4.52 Å². The maximum absolute atomic E-state index is 6.13. The first kappa shape index (κ1) is 18.2. The molecule has 1 unspecified atom stereocenters. The van der Waals surface area contributed by atoms with Crippen molar-refractivity contribution in [3.63, 3.8) is 0 Å². The smallest absolute Gasteiger partial charge is 0.240 e. The van der Waals surface area contributed by atoms with Crippen molar-refractivity contribution in [2.75, 3.05) is 19.6 Å². The number of nitrogens with one attached hydrogen (secondary N) is 1. The van der Waals surface area contributed by atoms with Gasteiger partial charge in [0.1, 0.15) is 0 Å². The molecule has 23 heavy (non-hydrogen) atoms. The number of aromatic nitrogens is 2. The fourth-order valence-corrected chi connectivity index (χ4v) is 2.92. The van der Waals surface area contributed by atoms with Crippen molar-refractivity contribution in [1.29, 1.82) is 0 Å². The fourth-order valence-electron chi connectivity index (χ4n) is 2.72. The Morgan fingerprint density at radius 3 is 2.96 bits per heavy atom. The van der Waals surface area contributed by atoms with Crippen LogP contribution in [0.3, 0.4) is 0 Å². The number of hydrogen-bond acceptors (Lipinski definition) is 5. The van der Waals surface area contributed by atoms with Gasteiger partial charge in [0.15, 0.2) is 5.82 Å². The summed E-state index contributed by atoms with van der Waals surface area (Å²) in [4.78, 5) is 6.84. The molecule has 0 amide bonds. The van der Waals surface area contributed by atoms with E-state index in [0.29, 0.717) is 12.4 Å². The van der Waals surface area contributed by atoms with Crippen LogP contribution >= 0.6 is 24.0 Å². The second kappa shape index (κ2) is 8.11. The van der Waals surface area contributed by atoms with E-state index in [4.69, 9.17) is 16.1 Å². The highest BCUT2D eigenvalue weighted by Gasteiger charge is 2.25. The molecule has 126 valence electrons. The molecule has 1 N–H and O–H groups in total. The first-order chi connectivity index (χ1) is 10.6. The van der Waals surface area contributed by atoms with Gasteiger partial charge in [-0.25, -0.2) is 0 Å². The SMILES string of the molecule is CC(C)c1noc(CN2CCNCC2c2cccc(Cl)c2)n1.Cl. The van der Waals surface area contributed by atoms with E-state index in [-0.39, 0.29) is 24.4 Å². The van der Waals surface area contributed by atoms with Crippen LogP contribution in [-0.4, -0.2) is 34.7 Å². The Morgan fingerprint density at radius 1 is 1.43 bits per heavy atom. The van der Waals surface area contributed by atoms with Crippen LogP contribution < -0.4 is 5.32 Å². The Bertz CT molecular complexity index is 632. The van der Waals surface area contributed by atoms with E-state index in [1.165, 1.54) is 5.56 Å². The van der Waals surface area contributed by atoms with E-state index in [1.807, 2.05) is 18.2 Å². The summed E-state index contributed by atoms with van der Waals surface area (Å²) in [7, 11) is 0. The number of halogens is 2. The van der Waals surface area contributed by atoms with Gasteiger partial charge in [0.2, 0.25) is 5.89 Å². The summed E-state index contributed by atoms with van der Waals surface area (Å²) in [6, 6.07) is 8.30. The molecular weight excluding hydrogens is 335 g/mol. The summed E-state index contributed by atoms with van der Waals surface area (Å²) in [5, 5.41) is 8.25. The lowest BCUT2D eigenvalue weighted by atomic mass is 10.0. The number of nitrogens with zero attached hydrogens (tertiary/aromatic N) is 3. The summed E-state index contributed by atoms with van der Waals surface area (Å²) in [5.74, 6) is 1.73. The van der Waals surface area contributed by atoms with Gasteiger partial charge in [0, 0.05) is 36.6 Å². The minimum Gasteiger partial charge on any atom is -0.338 e. The molecule has 5 nitrogen and oxygen atoms in total. The lowest BCUT2D eigenvalue weighted by molar-refractivity contribution is 0.135. The van der Waals surface area contributed by atoms with Gasteiger partial charge >= 0.3 is 0 Å². The van der Waals surface area contributed by atoms with Crippen LogP contribution in [0, 0.1) is 0 Å². The quantitative estimate of drug-likeness (QED) is 0.909. The molecule has 1 aliphatic rings. The topological polar surface area (TPSA) is 54.2 Å². The Balaban J connectivity index is 0.00000192. The van der Waals surface area contributed by atoms with E-state index >= 15 is 0 Å². The summed E-state index contributed by atoms with van der Waals surface area (Å²) < 4.78 is 5.39. The Morgan fingerprint density at radius 2 is 2.26 bits per heavy atom. The van der Waals surface area contributed by atoms with E-state index in [0.717, 1.165) is 30.5 Å². The standard InChI is InChI=1S/C16H21ClN4O.ClH/c1-11(2)16-19-15(22-20-16)10-21-7-6-18-9-14(21)12-4-3-5-13(17)8-12;/h3-5,8,11,14,18H,6-7,9-10H2,1-2H3;1H. The van der Waals surface area contributed by atoms with E-state index in [2.05, 4.69) is 40.3 Å². The summed E-state index contributed by atoms with van der Waals surface area (Å²) in [5.41, 5.74) is 1.21. The molecule has 1 saturated heterocycles. The largest absolute Gasteiger partial charge is 0.338 e. The average molecular weight is 357 g/mol. The molecular formula is C16H22Cl2N4O. The van der Waals surface area contributed by atoms with Crippen molar-refractivity contribution in [1.82, 2.24) is 20.4 Å². The Hall–Kier alpha value is -1.14. The maximum Gasteiger partial charge on any atom is 0.240 e. The first-order valence-corrected chi connectivity index (χ1v) is 8.04. The third-order valence-corrected chi connectivity index (χ3v) is 4.16. The second-order valence-corrected chi connectivity index (χ2v) is 6.38. The number of hydrogen-bond donors (Lipinski definition) is 1. The third kappa shape index (κ3) is 4.44. The highest BCUT2D eigenvalue weighted by Crippen LogP contribution is 2.26. The predicted octanol–water partition coefficient (Wildman–Crippen LogP) is 3.41. The molecule has 0 spiro atoms. The van der Waals surface area contributed by atoms with Gasteiger partial charge in [0.25, 0.3) is 0 Å². The van der Waals surface area contributed by atoms with Gasteiger partial charge in [-0.3, -0.25) is 4.90 Å². The highest BCUT2D eigenvalue weighted by atomic mass is 35.5. The van der Waals surface area contributed by atoms with Crippen molar-refractivity contribution in [2.45, 2.75) is 32.4 Å². The zero-order chi connectivity index (χ0) is 15.5. The minimum atomic E-state index is 0. The van der Waals surface area contributed by atoms with Gasteiger partial charge in [-0.1, -0.05) is 42.7 Å². The predicted molar refractivity (Wildman–Crippen MR) is 93.1 cm³/mol. The highest BCUT2D eigenvalue weighted by molar-refractivity contribution is 6.30. The van der Waals surface area contributed by atoms with Crippen LogP contribution in [0.1, 0.15) is 43.1 Å². The number of piperazine rings is 1. The summed E-state index contributed by atoms with van der Waals surface area (Å²) in [6.45, 7) is 7.59. The Kier molecular flexibility index (Phi) is 6.41. The molecule has 1 atom stereocenters. The van der Waals surface area contributed by atoms with E-state index < -0.39 is 0 Å². The third-order valence-electron chi connectivity index (χ3n) is 3.93. The van der Waals surface area contributed by atoms with Crippen molar-refractivity contribution in [3.8, 4) is 0 Å². The molecule has 2 heterocycles. The molecule has 1 aliphatic heterocycles. The molecule has 0 saturated carbocycles. The van der Waals surface area contributed by atoms with Gasteiger partial charge in [-0.2, -0.15) is 4.98 Å². The van der Waals surface area contributed by atoms with E-state index in [9.17, 15) is 0 Å². The van der Waals surface area contributed by atoms with Crippen molar-refractivity contribution in [2.24, 2.45) is 0 Å². The van der Waals surface area contributed by atoms with Crippen LogP contribution in [0.5, 0.6) is 0 Å². The molecule has 1 aromatic carbocycles. The van der Waals surface area contributed by atoms with E-state index in [1.54, 1.807) is 0 Å². The molecule has 0 bridgehead atoms. The molecule has 1 fully saturated rings. The van der Waals surface area contributed by atoms with Crippen LogP contribution in [0.25, 0.3) is 0 Å². The molecule has 1 aromatic heterocycles. The summed E-state index contributed by atoms with van der Waals surface area (Å²) >= 11 is 6.13. The lowest BCUT2D eigenvalue weighted by Gasteiger charge is -2.35. The zero-order valence-corrected chi connectivity index (χ0v) is 14.9. The molecule has 0 radical (unpaired) electrons. The van der Waals surface area contributed by atoms with Crippen LogP contribution in [0.4, 0.5) is 0 Å². The average Bonchev–Trinajstić information content (AvgIpc) is 2.97. The molecule has 3 rings (SSSR count). The fraction of sp³-hybridized carbons (Fsp3) is 0.500. The second-order valence-electron chi connectivity index (χ2n) is 5.95. The van der Waals surface area contributed by atoms with Crippen molar-refractivity contribution in [3.05, 3.63) is 46.6 Å². The minimum absolute atomic E-state index is 0. The van der Waals surface area contributed by atoms with Crippen LogP contribution in [-0.2, 0) is 6.54 Å². The normalized spacial score (nSPS) is 18.9. The van der Waals surface area contributed by atoms with Gasteiger partial charge in [-0.15, -0.1) is 12.4 Å². The zero-order valence-electron chi connectivity index (χ0n) is 13.3.